The van der Waals surface area contributed by atoms with E-state index in [9.17, 15) is 4.39 Å². The van der Waals surface area contributed by atoms with Gasteiger partial charge in [0.1, 0.15) is 5.82 Å². The molecule has 1 aromatic carbocycles. The molecule has 0 saturated carbocycles. The third-order valence-corrected chi connectivity index (χ3v) is 3.49. The predicted molar refractivity (Wildman–Crippen MR) is 72.9 cm³/mol. The standard InChI is InChI=1S/C12H7BrClFS/c13-7-1-4-12(16)10(5-7)9-3-2-8(14)6-11(9)15/h1-6,10H. The Kier molecular flexibility index (Phi) is 3.57. The Bertz CT molecular complexity index is 508. The summed E-state index contributed by atoms with van der Waals surface area (Å²) in [5.74, 6) is -0.529. The molecule has 1 atom stereocenters. The molecule has 0 aliphatic heterocycles. The molecule has 0 bridgehead atoms. The molecule has 2 rings (SSSR count). The molecule has 1 aliphatic carbocycles. The second-order valence-electron chi connectivity index (χ2n) is 3.43. The Morgan fingerprint density at radius 2 is 2.06 bits per heavy atom. The van der Waals surface area contributed by atoms with Gasteiger partial charge in [-0.3, -0.25) is 0 Å². The van der Waals surface area contributed by atoms with Gasteiger partial charge in [-0.2, -0.15) is 0 Å². The average Bonchev–Trinajstić information content (AvgIpc) is 2.22. The van der Waals surface area contributed by atoms with E-state index in [2.05, 4.69) is 15.9 Å². The van der Waals surface area contributed by atoms with Crippen LogP contribution in [-0.2, 0) is 0 Å². The van der Waals surface area contributed by atoms with E-state index < -0.39 is 0 Å². The third kappa shape index (κ3) is 2.42. The number of rotatable bonds is 1. The minimum Gasteiger partial charge on any atom is -0.207 e. The lowest BCUT2D eigenvalue weighted by Gasteiger charge is -2.17. The zero-order chi connectivity index (χ0) is 11.7. The minimum absolute atomic E-state index is 0.202. The van der Waals surface area contributed by atoms with Gasteiger partial charge in [-0.25, -0.2) is 4.39 Å². The Morgan fingerprint density at radius 1 is 1.31 bits per heavy atom. The molecule has 0 fully saturated rings. The number of thiocarbonyl (C=S) groups is 1. The van der Waals surface area contributed by atoms with Crippen molar-refractivity contribution in [2.75, 3.05) is 0 Å². The second kappa shape index (κ2) is 4.78. The van der Waals surface area contributed by atoms with Crippen molar-refractivity contribution >= 4 is 44.6 Å². The van der Waals surface area contributed by atoms with E-state index >= 15 is 0 Å². The molecular weight excluding hydrogens is 311 g/mol. The van der Waals surface area contributed by atoms with Gasteiger partial charge >= 0.3 is 0 Å². The Labute approximate surface area is 112 Å². The summed E-state index contributed by atoms with van der Waals surface area (Å²) < 4.78 is 14.6. The van der Waals surface area contributed by atoms with Crippen molar-refractivity contribution in [2.24, 2.45) is 0 Å². The van der Waals surface area contributed by atoms with Gasteiger partial charge in [0, 0.05) is 25.9 Å². The Balaban J connectivity index is 2.44. The van der Waals surface area contributed by atoms with Crippen LogP contribution >= 0.6 is 39.7 Å². The zero-order valence-corrected chi connectivity index (χ0v) is 11.2. The van der Waals surface area contributed by atoms with Crippen LogP contribution in [0.4, 0.5) is 4.39 Å². The van der Waals surface area contributed by atoms with Crippen molar-refractivity contribution in [1.82, 2.24) is 0 Å². The molecule has 0 nitrogen and oxygen atoms in total. The molecule has 0 spiro atoms. The Morgan fingerprint density at radius 3 is 2.75 bits per heavy atom. The number of allylic oxidation sites excluding steroid dienone is 4. The monoisotopic (exact) mass is 316 g/mol. The number of hydrogen-bond acceptors (Lipinski definition) is 1. The molecule has 0 N–H and O–H groups in total. The van der Waals surface area contributed by atoms with Gasteiger partial charge in [-0.05, 0) is 24.3 Å². The van der Waals surface area contributed by atoms with Crippen LogP contribution in [0.3, 0.4) is 0 Å². The fourth-order valence-corrected chi connectivity index (χ4v) is 2.38. The second-order valence-corrected chi connectivity index (χ2v) is 5.25. The molecule has 0 amide bonds. The van der Waals surface area contributed by atoms with Gasteiger partial charge in [0.15, 0.2) is 0 Å². The lowest BCUT2D eigenvalue weighted by molar-refractivity contribution is 0.612. The Hall–Kier alpha value is -0.510. The smallest absolute Gasteiger partial charge is 0.128 e. The van der Waals surface area contributed by atoms with Crippen molar-refractivity contribution < 1.29 is 4.39 Å². The van der Waals surface area contributed by atoms with Crippen LogP contribution in [0, 0.1) is 5.82 Å². The largest absolute Gasteiger partial charge is 0.207 e. The number of hydrogen-bond donors (Lipinski definition) is 0. The fraction of sp³-hybridized carbons (Fsp3) is 0.0833. The van der Waals surface area contributed by atoms with Gasteiger partial charge in [0.25, 0.3) is 0 Å². The first-order valence-corrected chi connectivity index (χ1v) is 6.20. The molecular formula is C12H7BrClFS. The molecule has 16 heavy (non-hydrogen) atoms. The van der Waals surface area contributed by atoms with E-state index in [1.54, 1.807) is 18.2 Å². The zero-order valence-electron chi connectivity index (χ0n) is 8.08. The summed E-state index contributed by atoms with van der Waals surface area (Å²) >= 11 is 14.3. The molecule has 0 radical (unpaired) electrons. The van der Waals surface area contributed by atoms with E-state index in [0.29, 0.717) is 15.5 Å². The summed E-state index contributed by atoms with van der Waals surface area (Å²) in [5.41, 5.74) is 0.552. The summed E-state index contributed by atoms with van der Waals surface area (Å²) in [7, 11) is 0. The quantitative estimate of drug-likeness (QED) is 0.672. The summed E-state index contributed by atoms with van der Waals surface area (Å²) in [6, 6.07) is 4.65. The first kappa shape index (κ1) is 12.0. The van der Waals surface area contributed by atoms with E-state index in [1.165, 1.54) is 6.07 Å². The van der Waals surface area contributed by atoms with Crippen molar-refractivity contribution in [3.63, 3.8) is 0 Å². The SMILES string of the molecule is Fc1cc(Cl)ccc1C1C=C(Br)C=CC1=S. The molecule has 0 heterocycles. The van der Waals surface area contributed by atoms with Gasteiger partial charge in [-0.1, -0.05) is 51.9 Å². The average molecular weight is 318 g/mol. The van der Waals surface area contributed by atoms with Gasteiger partial charge in [0.2, 0.25) is 0 Å². The van der Waals surface area contributed by atoms with Gasteiger partial charge < -0.3 is 0 Å². The molecule has 0 saturated heterocycles. The summed E-state index contributed by atoms with van der Waals surface area (Å²) in [4.78, 5) is 0.699. The van der Waals surface area contributed by atoms with E-state index in [-0.39, 0.29) is 11.7 Å². The summed E-state index contributed by atoms with van der Waals surface area (Å²) in [6.07, 6.45) is 5.54. The van der Waals surface area contributed by atoms with Crippen LogP contribution in [-0.4, -0.2) is 4.86 Å². The first-order valence-electron chi connectivity index (χ1n) is 4.62. The molecule has 1 unspecified atom stereocenters. The predicted octanol–water partition coefficient (Wildman–Crippen LogP) is 4.78. The maximum Gasteiger partial charge on any atom is 0.128 e. The summed E-state index contributed by atoms with van der Waals surface area (Å²) in [6.45, 7) is 0. The van der Waals surface area contributed by atoms with Crippen LogP contribution in [0.5, 0.6) is 0 Å². The van der Waals surface area contributed by atoms with Crippen LogP contribution in [0.2, 0.25) is 5.02 Å². The van der Waals surface area contributed by atoms with Crippen molar-refractivity contribution in [2.45, 2.75) is 5.92 Å². The lowest BCUT2D eigenvalue weighted by Crippen LogP contribution is -2.10. The van der Waals surface area contributed by atoms with Crippen LogP contribution < -0.4 is 0 Å². The van der Waals surface area contributed by atoms with Crippen molar-refractivity contribution in [3.8, 4) is 0 Å². The normalized spacial score (nSPS) is 19.8. The highest BCUT2D eigenvalue weighted by atomic mass is 79.9. The van der Waals surface area contributed by atoms with E-state index in [0.717, 1.165) is 4.48 Å². The van der Waals surface area contributed by atoms with Crippen LogP contribution in [0.15, 0.2) is 40.9 Å². The number of benzene rings is 1. The molecule has 82 valence electrons. The highest BCUT2D eigenvalue weighted by Gasteiger charge is 2.19. The van der Waals surface area contributed by atoms with Crippen molar-refractivity contribution in [3.05, 3.63) is 57.3 Å². The molecule has 1 aliphatic rings. The molecule has 0 aromatic heterocycles. The summed E-state index contributed by atoms with van der Waals surface area (Å²) in [5, 5.41) is 0.390. The maximum atomic E-state index is 13.7. The van der Waals surface area contributed by atoms with E-state index in [4.69, 9.17) is 23.8 Å². The van der Waals surface area contributed by atoms with E-state index in [1.807, 2.05) is 12.2 Å². The minimum atomic E-state index is -0.327. The van der Waals surface area contributed by atoms with Gasteiger partial charge in [0.05, 0.1) is 0 Å². The van der Waals surface area contributed by atoms with Gasteiger partial charge in [-0.15, -0.1) is 0 Å². The maximum absolute atomic E-state index is 13.7. The highest BCUT2D eigenvalue weighted by Crippen LogP contribution is 2.30. The molecule has 4 heteroatoms. The topological polar surface area (TPSA) is 0 Å². The number of halogens is 3. The van der Waals surface area contributed by atoms with Crippen molar-refractivity contribution in [1.29, 1.82) is 0 Å². The highest BCUT2D eigenvalue weighted by molar-refractivity contribution is 9.11. The van der Waals surface area contributed by atoms with Crippen LogP contribution in [0.1, 0.15) is 11.5 Å². The third-order valence-electron chi connectivity index (χ3n) is 2.34. The fourth-order valence-electron chi connectivity index (χ4n) is 1.56. The first-order chi connectivity index (χ1) is 7.58. The molecule has 1 aromatic rings. The van der Waals surface area contributed by atoms with Crippen LogP contribution in [0.25, 0.3) is 0 Å². The lowest BCUT2D eigenvalue weighted by atomic mass is 9.92.